The smallest absolute Gasteiger partial charge is 0.151 e. The lowest BCUT2D eigenvalue weighted by Crippen LogP contribution is -1.77. The molecule has 0 aromatic heterocycles. The van der Waals surface area contributed by atoms with Gasteiger partial charge >= 0.3 is 0 Å². The lowest BCUT2D eigenvalue weighted by atomic mass is 9.77. The quantitative estimate of drug-likeness (QED) is 0.405. The Labute approximate surface area is 86.4 Å². The fraction of sp³-hybridized carbons (Fsp3) is 0.909. The van der Waals surface area contributed by atoms with Gasteiger partial charge in [0.05, 0.1) is 0 Å². The van der Waals surface area contributed by atoms with Crippen LogP contribution in [0.15, 0.2) is 0 Å². The summed E-state index contributed by atoms with van der Waals surface area (Å²) in [5.41, 5.74) is 0. The van der Waals surface area contributed by atoms with Gasteiger partial charge in [-0.1, -0.05) is 52.0 Å². The molecule has 0 aromatic rings. The van der Waals surface area contributed by atoms with Crippen molar-refractivity contribution in [2.45, 2.75) is 72.2 Å². The Hall–Kier alpha value is -0.0651. The highest BCUT2D eigenvalue weighted by Gasteiger charge is 1.73. The minimum atomic E-state index is 0. The second-order valence-electron chi connectivity index (χ2n) is 1.39. The molecule has 0 aliphatic rings. The van der Waals surface area contributed by atoms with Gasteiger partial charge in [-0.15, -0.1) is 6.32 Å². The van der Waals surface area contributed by atoms with Gasteiger partial charge < -0.3 is 0 Å². The van der Waals surface area contributed by atoms with E-state index in [0.717, 1.165) is 0 Å². The second kappa shape index (κ2) is 125. The van der Waals surface area contributed by atoms with Crippen LogP contribution < -0.4 is 0 Å². The van der Waals surface area contributed by atoms with Gasteiger partial charge in [0, 0.05) is 6.42 Å². The molecule has 0 rings (SSSR count). The monoisotopic (exact) mass is 182 g/mol. The van der Waals surface area contributed by atoms with E-state index in [1.165, 1.54) is 6.42 Å². The molecule has 1 heteroatoms. The average molecular weight is 182 g/mol. The van der Waals surface area contributed by atoms with Crippen molar-refractivity contribution < 1.29 is 0 Å². The van der Waals surface area contributed by atoms with Gasteiger partial charge in [-0.05, 0) is 6.92 Å². The van der Waals surface area contributed by atoms with Gasteiger partial charge in [0.15, 0.2) is 7.28 Å². The van der Waals surface area contributed by atoms with E-state index in [1.807, 2.05) is 0 Å². The van der Waals surface area contributed by atoms with Crippen molar-refractivity contribution in [3.63, 3.8) is 0 Å². The van der Waals surface area contributed by atoms with Crippen molar-refractivity contribution >= 4 is 7.28 Å². The summed E-state index contributed by atoms with van der Waals surface area (Å²) in [6, 6.07) is 0. The molecule has 0 aromatic carbocycles. The van der Waals surface area contributed by atoms with Crippen LogP contribution in [-0.2, 0) is 0 Å². The molecule has 0 saturated carbocycles. The van der Waals surface area contributed by atoms with E-state index in [2.05, 4.69) is 20.1 Å². The maximum atomic E-state index is 2.38. The first kappa shape index (κ1) is 92.2. The highest BCUT2D eigenvalue weighted by molar-refractivity contribution is 6.38. The Balaban J connectivity index is -0.00000000381. The Morgan fingerprint density at radius 1 is 0.833 bits per heavy atom. The van der Waals surface area contributed by atoms with Crippen molar-refractivity contribution in [2.75, 3.05) is 0 Å². The Morgan fingerprint density at radius 2 is 1.08 bits per heavy atom. The normalized spacial score (nSPS) is 3.17. The number of rotatable bonds is 2. The van der Waals surface area contributed by atoms with E-state index < -0.39 is 0 Å². The van der Waals surface area contributed by atoms with E-state index in [0.29, 0.717) is 7.28 Å². The van der Waals surface area contributed by atoms with Gasteiger partial charge in [0.1, 0.15) is 0 Å². The van der Waals surface area contributed by atoms with E-state index in [4.69, 9.17) is 0 Å². The van der Waals surface area contributed by atoms with Crippen LogP contribution in [0.2, 0.25) is 6.82 Å². The minimum Gasteiger partial charge on any atom is -0.151 e. The van der Waals surface area contributed by atoms with Crippen molar-refractivity contribution in [3.8, 4) is 0 Å². The molecule has 0 spiro atoms. The Morgan fingerprint density at radius 3 is 1.08 bits per heavy atom. The molecular formula is C11H39B. The third-order valence-electron chi connectivity index (χ3n) is 0.816. The zero-order chi connectivity index (χ0) is 4.12. The predicted octanol–water partition coefficient (Wildman–Crippen LogP) is 5.23. The molecule has 12 heavy (non-hydrogen) atoms. The summed E-state index contributed by atoms with van der Waals surface area (Å²) in [5, 5.41) is 0. The van der Waals surface area contributed by atoms with Gasteiger partial charge in [0.2, 0.25) is 0 Å². The van der Waals surface area contributed by atoms with Gasteiger partial charge in [-0.3, -0.25) is 0 Å². The van der Waals surface area contributed by atoms with Crippen molar-refractivity contribution in [1.82, 2.24) is 0 Å². The molecule has 86 valence electrons. The summed E-state index contributed by atoms with van der Waals surface area (Å²) < 4.78 is 0. The van der Waals surface area contributed by atoms with Crippen LogP contribution in [0.3, 0.4) is 0 Å². The largest absolute Gasteiger partial charge is 0.166 e. The SMILES string of the molecule is C.C.C.C.C.C.C.C[BH2-][CH+]CC. The summed E-state index contributed by atoms with van der Waals surface area (Å²) in [7, 11) is 0.382. The van der Waals surface area contributed by atoms with Gasteiger partial charge in [-0.2, -0.15) is 6.82 Å². The lowest BCUT2D eigenvalue weighted by molar-refractivity contribution is 1.19. The van der Waals surface area contributed by atoms with Crippen molar-refractivity contribution in [2.24, 2.45) is 0 Å². The Bertz CT molecular complexity index is 12.5. The highest BCUT2D eigenvalue weighted by atomic mass is 13.6. The molecule has 0 aliphatic heterocycles. The summed E-state index contributed by atoms with van der Waals surface area (Å²) in [5.74, 6) is 0. The molecular weight excluding hydrogens is 143 g/mol. The first-order valence-corrected chi connectivity index (χ1v) is 2.69. The molecule has 0 radical (unpaired) electrons. The average Bonchev–Trinajstić information content (AvgIpc) is 1.41. The van der Waals surface area contributed by atoms with Gasteiger partial charge in [0.25, 0.3) is 0 Å². The minimum absolute atomic E-state index is 0. The maximum Gasteiger partial charge on any atom is 0.166 e. The molecule has 0 nitrogen and oxygen atoms in total. The first-order chi connectivity index (χ1) is 2.41. The topological polar surface area (TPSA) is 0 Å². The summed E-state index contributed by atoms with van der Waals surface area (Å²) in [6.45, 7) is 4.47. The molecule has 0 aliphatic carbocycles. The predicted molar refractivity (Wildman–Crippen MR) is 76.1 cm³/mol. The van der Waals surface area contributed by atoms with Crippen LogP contribution in [0.25, 0.3) is 0 Å². The van der Waals surface area contributed by atoms with Crippen LogP contribution >= 0.6 is 0 Å². The van der Waals surface area contributed by atoms with E-state index in [9.17, 15) is 0 Å². The molecule has 0 amide bonds. The van der Waals surface area contributed by atoms with Crippen LogP contribution in [0.5, 0.6) is 0 Å². The van der Waals surface area contributed by atoms with E-state index in [-0.39, 0.29) is 52.0 Å². The summed E-state index contributed by atoms with van der Waals surface area (Å²) >= 11 is 0. The molecule has 0 fully saturated rings. The van der Waals surface area contributed by atoms with Gasteiger partial charge in [-0.25, -0.2) is 0 Å². The fourth-order valence-electron chi connectivity index (χ4n) is 0.408. The van der Waals surface area contributed by atoms with E-state index >= 15 is 0 Å². The number of hydrogen-bond acceptors (Lipinski definition) is 0. The molecule has 0 atom stereocenters. The van der Waals surface area contributed by atoms with Crippen LogP contribution in [0, 0.1) is 6.32 Å². The van der Waals surface area contributed by atoms with E-state index in [1.54, 1.807) is 0 Å². The molecule has 0 heterocycles. The third kappa shape index (κ3) is 212. The Kier molecular flexibility index (Phi) is 962. The third-order valence-corrected chi connectivity index (χ3v) is 0.816. The van der Waals surface area contributed by atoms with Crippen LogP contribution in [-0.4, -0.2) is 7.28 Å². The van der Waals surface area contributed by atoms with Crippen LogP contribution in [0.4, 0.5) is 0 Å². The highest BCUT2D eigenvalue weighted by Crippen LogP contribution is 1.76. The maximum absolute atomic E-state index is 2.38. The van der Waals surface area contributed by atoms with Crippen molar-refractivity contribution in [1.29, 1.82) is 0 Å². The van der Waals surface area contributed by atoms with Crippen LogP contribution in [0.1, 0.15) is 65.3 Å². The molecule has 0 saturated heterocycles. The zero-order valence-corrected chi connectivity index (χ0v) is 4.28. The summed E-state index contributed by atoms with van der Waals surface area (Å²) in [4.78, 5) is 0. The van der Waals surface area contributed by atoms with Crippen molar-refractivity contribution in [3.05, 3.63) is 6.32 Å². The lowest BCUT2D eigenvalue weighted by Gasteiger charge is -1.74. The first-order valence-electron chi connectivity index (χ1n) is 2.69. The standard InChI is InChI=1S/C4H11B.7CH4/c1-3-4-5-2;;;;;;;/h4H,3,5H2,1-2H3;7*1H4. The number of hydrogen-bond donors (Lipinski definition) is 0. The second-order valence-corrected chi connectivity index (χ2v) is 1.39. The fourth-order valence-corrected chi connectivity index (χ4v) is 0.408. The molecule has 0 unspecified atom stereocenters. The molecule has 0 N–H and O–H groups in total. The summed E-state index contributed by atoms with van der Waals surface area (Å²) in [6.07, 6.45) is 3.65. The zero-order valence-electron chi connectivity index (χ0n) is 4.28. The molecule has 0 bridgehead atoms.